The normalized spacial score (nSPS) is 11.4. The zero-order valence-corrected chi connectivity index (χ0v) is 14.8. The smallest absolute Gasteiger partial charge is 0.349 e. The van der Waals surface area contributed by atoms with Crippen molar-refractivity contribution in [2.45, 2.75) is 19.4 Å². The predicted molar refractivity (Wildman–Crippen MR) is 93.4 cm³/mol. The number of hydrogen-bond acceptors (Lipinski definition) is 6. The molecule has 0 radical (unpaired) electrons. The Morgan fingerprint density at radius 2 is 1.88 bits per heavy atom. The van der Waals surface area contributed by atoms with Crippen molar-refractivity contribution in [2.75, 3.05) is 13.7 Å². The van der Waals surface area contributed by atoms with Crippen LogP contribution in [0.3, 0.4) is 0 Å². The van der Waals surface area contributed by atoms with E-state index in [0.717, 1.165) is 11.1 Å². The molecule has 1 aromatic carbocycles. The minimum atomic E-state index is -0.845. The van der Waals surface area contributed by atoms with Crippen molar-refractivity contribution in [1.29, 1.82) is 0 Å². The van der Waals surface area contributed by atoms with E-state index in [1.807, 2.05) is 30.3 Å². The van der Waals surface area contributed by atoms with Crippen molar-refractivity contribution in [3.63, 3.8) is 0 Å². The fourth-order valence-corrected chi connectivity index (χ4v) is 3.02. The van der Waals surface area contributed by atoms with Crippen LogP contribution in [0.4, 0.5) is 0 Å². The van der Waals surface area contributed by atoms with Gasteiger partial charge in [0.1, 0.15) is 10.9 Å². The number of ether oxygens (including phenoxy) is 2. The van der Waals surface area contributed by atoms with Crippen LogP contribution in [-0.2, 0) is 25.5 Å². The van der Waals surface area contributed by atoms with E-state index in [0.29, 0.717) is 4.88 Å². The van der Waals surface area contributed by atoms with Crippen LogP contribution >= 0.6 is 11.3 Å². The van der Waals surface area contributed by atoms with Crippen LogP contribution in [0, 0.1) is 6.92 Å². The molecule has 0 aliphatic heterocycles. The Kier molecular flexibility index (Phi) is 6.71. The number of carbonyl (C=O) groups is 3. The number of rotatable bonds is 7. The van der Waals surface area contributed by atoms with Crippen LogP contribution < -0.4 is 5.32 Å². The minimum Gasteiger partial charge on any atom is -0.467 e. The molecule has 2 aromatic rings. The third kappa shape index (κ3) is 5.42. The molecule has 132 valence electrons. The molecule has 1 aromatic heterocycles. The Morgan fingerprint density at radius 3 is 2.48 bits per heavy atom. The number of hydrogen-bond donors (Lipinski definition) is 1. The molecule has 7 heteroatoms. The average molecular weight is 361 g/mol. The molecular formula is C18H19NO5S. The Balaban J connectivity index is 1.91. The molecule has 2 rings (SSSR count). The summed E-state index contributed by atoms with van der Waals surface area (Å²) < 4.78 is 9.73. The van der Waals surface area contributed by atoms with Crippen LogP contribution in [0.5, 0.6) is 0 Å². The van der Waals surface area contributed by atoms with Gasteiger partial charge in [0.05, 0.1) is 7.11 Å². The fourth-order valence-electron chi connectivity index (χ4n) is 2.20. The van der Waals surface area contributed by atoms with Gasteiger partial charge in [-0.3, -0.25) is 4.79 Å². The maximum Gasteiger partial charge on any atom is 0.349 e. The van der Waals surface area contributed by atoms with Gasteiger partial charge < -0.3 is 14.8 Å². The van der Waals surface area contributed by atoms with Crippen LogP contribution in [0.15, 0.2) is 41.8 Å². The first kappa shape index (κ1) is 18.7. The summed E-state index contributed by atoms with van der Waals surface area (Å²) in [4.78, 5) is 36.3. The van der Waals surface area contributed by atoms with Crippen molar-refractivity contribution in [3.8, 4) is 0 Å². The maximum atomic E-state index is 12.0. The molecule has 6 nitrogen and oxygen atoms in total. The van der Waals surface area contributed by atoms with Gasteiger partial charge in [0.15, 0.2) is 6.61 Å². The lowest BCUT2D eigenvalue weighted by Crippen LogP contribution is -2.44. The zero-order valence-electron chi connectivity index (χ0n) is 14.0. The van der Waals surface area contributed by atoms with Gasteiger partial charge in [-0.1, -0.05) is 30.3 Å². The van der Waals surface area contributed by atoms with Crippen molar-refractivity contribution < 1.29 is 23.9 Å². The lowest BCUT2D eigenvalue weighted by atomic mass is 10.1. The van der Waals surface area contributed by atoms with Gasteiger partial charge in [0, 0.05) is 6.42 Å². The topological polar surface area (TPSA) is 81.7 Å². The second-order valence-corrected chi connectivity index (χ2v) is 6.26. The largest absolute Gasteiger partial charge is 0.467 e. The average Bonchev–Trinajstić information content (AvgIpc) is 3.05. The van der Waals surface area contributed by atoms with Crippen molar-refractivity contribution in [3.05, 3.63) is 57.8 Å². The summed E-state index contributed by atoms with van der Waals surface area (Å²) in [6.45, 7) is 1.33. The third-order valence-electron chi connectivity index (χ3n) is 3.49. The standard InChI is InChI=1S/C18H19NO5S/c1-12-8-9-25-16(12)18(22)24-11-15(20)19-14(17(21)23-2)10-13-6-4-3-5-7-13/h3-9,14H,10-11H2,1-2H3,(H,19,20)/t14-/m0/s1. The van der Waals surface area contributed by atoms with Gasteiger partial charge in [-0.05, 0) is 29.5 Å². The van der Waals surface area contributed by atoms with Crippen molar-refractivity contribution in [1.82, 2.24) is 5.32 Å². The van der Waals surface area contributed by atoms with Crippen LogP contribution in [-0.4, -0.2) is 37.6 Å². The maximum absolute atomic E-state index is 12.0. The second-order valence-electron chi connectivity index (χ2n) is 5.34. The van der Waals surface area contributed by atoms with E-state index >= 15 is 0 Å². The molecule has 1 amide bonds. The predicted octanol–water partition coefficient (Wildman–Crippen LogP) is 2.11. The highest BCUT2D eigenvalue weighted by Crippen LogP contribution is 2.16. The molecule has 0 fully saturated rings. The molecular weight excluding hydrogens is 342 g/mol. The molecule has 25 heavy (non-hydrogen) atoms. The molecule has 0 unspecified atom stereocenters. The van der Waals surface area contributed by atoms with E-state index in [-0.39, 0.29) is 6.42 Å². The number of aryl methyl sites for hydroxylation is 1. The Labute approximate surface area is 149 Å². The monoisotopic (exact) mass is 361 g/mol. The number of nitrogens with one attached hydrogen (secondary N) is 1. The van der Waals surface area contributed by atoms with Gasteiger partial charge in [0.2, 0.25) is 0 Å². The number of benzene rings is 1. The highest BCUT2D eigenvalue weighted by Gasteiger charge is 2.23. The van der Waals surface area contributed by atoms with E-state index in [4.69, 9.17) is 9.47 Å². The molecule has 1 heterocycles. The summed E-state index contributed by atoms with van der Waals surface area (Å²) in [5.74, 6) is -1.67. The quantitative estimate of drug-likeness (QED) is 0.764. The first-order chi connectivity index (χ1) is 12.0. The van der Waals surface area contributed by atoms with Crippen LogP contribution in [0.1, 0.15) is 20.8 Å². The van der Waals surface area contributed by atoms with Gasteiger partial charge in [0.25, 0.3) is 5.91 Å². The minimum absolute atomic E-state index is 0.289. The molecule has 1 N–H and O–H groups in total. The summed E-state index contributed by atoms with van der Waals surface area (Å²) in [7, 11) is 1.26. The van der Waals surface area contributed by atoms with E-state index < -0.39 is 30.5 Å². The summed E-state index contributed by atoms with van der Waals surface area (Å²) in [5, 5.41) is 4.32. The van der Waals surface area contributed by atoms with Gasteiger partial charge in [-0.2, -0.15) is 0 Å². The van der Waals surface area contributed by atoms with E-state index in [1.54, 1.807) is 18.4 Å². The number of amides is 1. The molecule has 1 atom stereocenters. The van der Waals surface area contributed by atoms with Gasteiger partial charge in [-0.25, -0.2) is 9.59 Å². The zero-order chi connectivity index (χ0) is 18.2. The Bertz CT molecular complexity index is 741. The Morgan fingerprint density at radius 1 is 1.16 bits per heavy atom. The molecule has 0 aliphatic rings. The lowest BCUT2D eigenvalue weighted by Gasteiger charge is -2.16. The van der Waals surface area contributed by atoms with Gasteiger partial charge in [-0.15, -0.1) is 11.3 Å². The molecule has 0 bridgehead atoms. The summed E-state index contributed by atoms with van der Waals surface area (Å²) in [5.41, 5.74) is 1.68. The van der Waals surface area contributed by atoms with E-state index in [1.165, 1.54) is 18.4 Å². The van der Waals surface area contributed by atoms with E-state index in [9.17, 15) is 14.4 Å². The van der Waals surface area contributed by atoms with E-state index in [2.05, 4.69) is 5.32 Å². The first-order valence-corrected chi connectivity index (χ1v) is 8.51. The molecule has 0 aliphatic carbocycles. The summed E-state index contributed by atoms with van der Waals surface area (Å²) in [6, 6.07) is 10.2. The number of esters is 2. The van der Waals surface area contributed by atoms with Crippen molar-refractivity contribution >= 4 is 29.2 Å². The molecule has 0 saturated carbocycles. The Hall–Kier alpha value is -2.67. The van der Waals surface area contributed by atoms with Gasteiger partial charge >= 0.3 is 11.9 Å². The number of methoxy groups -OCH3 is 1. The summed E-state index contributed by atoms with van der Waals surface area (Å²) >= 11 is 1.25. The third-order valence-corrected chi connectivity index (χ3v) is 4.48. The second kappa shape index (κ2) is 8.98. The van der Waals surface area contributed by atoms with Crippen molar-refractivity contribution in [2.24, 2.45) is 0 Å². The highest BCUT2D eigenvalue weighted by atomic mass is 32.1. The number of carbonyl (C=O) groups excluding carboxylic acids is 3. The first-order valence-electron chi connectivity index (χ1n) is 7.63. The molecule has 0 spiro atoms. The van der Waals surface area contributed by atoms with Crippen LogP contribution in [0.2, 0.25) is 0 Å². The highest BCUT2D eigenvalue weighted by molar-refractivity contribution is 7.12. The summed E-state index contributed by atoms with van der Waals surface area (Å²) in [6.07, 6.45) is 0.289. The SMILES string of the molecule is COC(=O)[C@H](Cc1ccccc1)NC(=O)COC(=O)c1sccc1C. The number of thiophene rings is 1. The lowest BCUT2D eigenvalue weighted by molar-refractivity contribution is -0.145. The fraction of sp³-hybridized carbons (Fsp3) is 0.278. The molecule has 0 saturated heterocycles. The van der Waals surface area contributed by atoms with Crippen LogP contribution in [0.25, 0.3) is 0 Å².